The van der Waals surface area contributed by atoms with Gasteiger partial charge in [0, 0.05) is 24.9 Å². The smallest absolute Gasteiger partial charge is 0.171 e. The Balaban J connectivity index is 2.50. The Morgan fingerprint density at radius 3 is 2.89 bits per heavy atom. The third kappa shape index (κ3) is 5.33. The van der Waals surface area contributed by atoms with Gasteiger partial charge in [-0.05, 0) is 38.2 Å². The molecule has 0 aliphatic rings. The number of methoxy groups -OCH3 is 1. The third-order valence-corrected chi connectivity index (χ3v) is 2.42. The molecule has 100 valence electrons. The summed E-state index contributed by atoms with van der Waals surface area (Å²) in [5, 5.41) is 6.83. The number of benzene rings is 1. The monoisotopic (exact) mass is 268 g/mol. The van der Waals surface area contributed by atoms with Crippen molar-refractivity contribution in [1.82, 2.24) is 5.32 Å². The number of ether oxygens (including phenoxy) is 2. The fraction of sp³-hybridized carbons (Fsp3) is 0.462. The lowest BCUT2D eigenvalue weighted by Gasteiger charge is -2.16. The summed E-state index contributed by atoms with van der Waals surface area (Å²) in [6.07, 6.45) is 0. The van der Waals surface area contributed by atoms with E-state index in [0.717, 1.165) is 11.4 Å². The van der Waals surface area contributed by atoms with Crippen molar-refractivity contribution in [3.8, 4) is 5.75 Å². The third-order valence-electron chi connectivity index (χ3n) is 2.20. The summed E-state index contributed by atoms with van der Waals surface area (Å²) in [4.78, 5) is 0. The molecule has 0 amide bonds. The van der Waals surface area contributed by atoms with Crippen LogP contribution in [0.5, 0.6) is 5.75 Å². The van der Waals surface area contributed by atoms with Crippen LogP contribution in [0.25, 0.3) is 0 Å². The van der Waals surface area contributed by atoms with Crippen LogP contribution in [0.4, 0.5) is 5.69 Å². The molecule has 0 bridgehead atoms. The lowest BCUT2D eigenvalue weighted by Crippen LogP contribution is -2.38. The molecular formula is C13H20N2O2S. The van der Waals surface area contributed by atoms with Crippen molar-refractivity contribution in [1.29, 1.82) is 0 Å². The zero-order valence-corrected chi connectivity index (χ0v) is 11.8. The molecule has 1 aromatic rings. The Labute approximate surface area is 114 Å². The number of hydrogen-bond acceptors (Lipinski definition) is 3. The van der Waals surface area contributed by atoms with Crippen LogP contribution >= 0.6 is 12.2 Å². The minimum Gasteiger partial charge on any atom is -0.494 e. The minimum absolute atomic E-state index is 0.171. The summed E-state index contributed by atoms with van der Waals surface area (Å²) >= 11 is 5.22. The van der Waals surface area contributed by atoms with E-state index in [2.05, 4.69) is 10.6 Å². The lowest BCUT2D eigenvalue weighted by molar-refractivity contribution is 0.179. The molecule has 0 spiro atoms. The Hall–Kier alpha value is -1.33. The van der Waals surface area contributed by atoms with E-state index in [1.165, 1.54) is 0 Å². The predicted octanol–water partition coefficient (Wildman–Crippen LogP) is 2.41. The molecule has 0 aliphatic carbocycles. The van der Waals surface area contributed by atoms with Crippen LogP contribution in [0.1, 0.15) is 13.8 Å². The molecule has 1 aromatic carbocycles. The van der Waals surface area contributed by atoms with Crippen molar-refractivity contribution < 1.29 is 9.47 Å². The van der Waals surface area contributed by atoms with Gasteiger partial charge in [-0.25, -0.2) is 0 Å². The average molecular weight is 268 g/mol. The second kappa shape index (κ2) is 7.89. The molecule has 0 radical (unpaired) electrons. The van der Waals surface area contributed by atoms with Crippen molar-refractivity contribution in [2.75, 3.05) is 25.6 Å². The van der Waals surface area contributed by atoms with Gasteiger partial charge in [0.1, 0.15) is 5.75 Å². The highest BCUT2D eigenvalue weighted by Crippen LogP contribution is 2.17. The normalized spacial score (nSPS) is 11.7. The van der Waals surface area contributed by atoms with Crippen LogP contribution in [-0.2, 0) is 4.74 Å². The number of thiocarbonyl (C=S) groups is 1. The molecule has 1 atom stereocenters. The molecule has 1 rings (SSSR count). The quantitative estimate of drug-likeness (QED) is 0.776. The first kappa shape index (κ1) is 14.7. The van der Waals surface area contributed by atoms with Gasteiger partial charge in [-0.1, -0.05) is 6.07 Å². The molecule has 0 aromatic heterocycles. The molecule has 0 aliphatic heterocycles. The van der Waals surface area contributed by atoms with Gasteiger partial charge in [0.15, 0.2) is 5.11 Å². The van der Waals surface area contributed by atoms with E-state index < -0.39 is 0 Å². The molecule has 0 saturated heterocycles. The molecular weight excluding hydrogens is 248 g/mol. The van der Waals surface area contributed by atoms with Crippen molar-refractivity contribution in [3.05, 3.63) is 24.3 Å². The summed E-state index contributed by atoms with van der Waals surface area (Å²) in [6, 6.07) is 7.87. The molecule has 18 heavy (non-hydrogen) atoms. The predicted molar refractivity (Wildman–Crippen MR) is 78.3 cm³/mol. The Morgan fingerprint density at radius 1 is 1.44 bits per heavy atom. The molecule has 0 saturated carbocycles. The summed E-state index contributed by atoms with van der Waals surface area (Å²) in [7, 11) is 1.67. The van der Waals surface area contributed by atoms with Gasteiger partial charge in [-0.15, -0.1) is 0 Å². The molecule has 2 N–H and O–H groups in total. The van der Waals surface area contributed by atoms with Crippen LogP contribution in [0.2, 0.25) is 0 Å². The van der Waals surface area contributed by atoms with Gasteiger partial charge in [0.05, 0.1) is 13.2 Å². The maximum atomic E-state index is 5.42. The van der Waals surface area contributed by atoms with E-state index in [-0.39, 0.29) is 6.04 Å². The summed E-state index contributed by atoms with van der Waals surface area (Å²) in [5.74, 6) is 0.829. The number of hydrogen-bond donors (Lipinski definition) is 2. The number of anilines is 1. The van der Waals surface area contributed by atoms with Gasteiger partial charge in [0.25, 0.3) is 0 Å². The van der Waals surface area contributed by atoms with E-state index in [4.69, 9.17) is 21.7 Å². The SMILES string of the molecule is CCOc1cccc(NC(=S)NC(C)COC)c1. The van der Waals surface area contributed by atoms with E-state index in [1.807, 2.05) is 38.1 Å². The van der Waals surface area contributed by atoms with E-state index in [9.17, 15) is 0 Å². The molecule has 4 nitrogen and oxygen atoms in total. The fourth-order valence-corrected chi connectivity index (χ4v) is 1.83. The highest BCUT2D eigenvalue weighted by atomic mass is 32.1. The molecule has 0 fully saturated rings. The maximum absolute atomic E-state index is 5.42. The van der Waals surface area contributed by atoms with E-state index >= 15 is 0 Å². The summed E-state index contributed by atoms with van der Waals surface area (Å²) in [5.41, 5.74) is 0.906. The topological polar surface area (TPSA) is 42.5 Å². The van der Waals surface area contributed by atoms with E-state index in [1.54, 1.807) is 7.11 Å². The van der Waals surface area contributed by atoms with Crippen molar-refractivity contribution in [2.45, 2.75) is 19.9 Å². The van der Waals surface area contributed by atoms with Crippen LogP contribution in [0, 0.1) is 0 Å². The Kier molecular flexibility index (Phi) is 6.46. The van der Waals surface area contributed by atoms with Gasteiger partial charge in [-0.2, -0.15) is 0 Å². The highest BCUT2D eigenvalue weighted by Gasteiger charge is 2.04. The number of rotatable bonds is 6. The Bertz CT molecular complexity index is 385. The zero-order valence-electron chi connectivity index (χ0n) is 11.0. The lowest BCUT2D eigenvalue weighted by atomic mass is 10.3. The fourth-order valence-electron chi connectivity index (χ4n) is 1.51. The average Bonchev–Trinajstić information content (AvgIpc) is 2.29. The standard InChI is InChI=1S/C13H20N2O2S/c1-4-17-12-7-5-6-11(8-12)15-13(18)14-10(2)9-16-3/h5-8,10H,4,9H2,1-3H3,(H2,14,15,18). The first-order valence-electron chi connectivity index (χ1n) is 5.95. The van der Waals surface area contributed by atoms with Crippen LogP contribution < -0.4 is 15.4 Å². The van der Waals surface area contributed by atoms with Crippen LogP contribution in [0.15, 0.2) is 24.3 Å². The summed E-state index contributed by atoms with van der Waals surface area (Å²) in [6.45, 7) is 5.23. The van der Waals surface area contributed by atoms with Gasteiger partial charge >= 0.3 is 0 Å². The van der Waals surface area contributed by atoms with Gasteiger partial charge in [0.2, 0.25) is 0 Å². The first-order chi connectivity index (χ1) is 8.65. The molecule has 5 heteroatoms. The summed E-state index contributed by atoms with van der Waals surface area (Å²) < 4.78 is 10.5. The Morgan fingerprint density at radius 2 is 2.22 bits per heavy atom. The second-order valence-electron chi connectivity index (χ2n) is 3.92. The second-order valence-corrected chi connectivity index (χ2v) is 4.32. The first-order valence-corrected chi connectivity index (χ1v) is 6.35. The van der Waals surface area contributed by atoms with Crippen LogP contribution in [0.3, 0.4) is 0 Å². The van der Waals surface area contributed by atoms with Crippen molar-refractivity contribution in [3.63, 3.8) is 0 Å². The number of nitrogens with one attached hydrogen (secondary N) is 2. The van der Waals surface area contributed by atoms with Crippen LogP contribution in [-0.4, -0.2) is 31.5 Å². The molecule has 1 unspecified atom stereocenters. The van der Waals surface area contributed by atoms with Crippen molar-refractivity contribution >= 4 is 23.0 Å². The largest absolute Gasteiger partial charge is 0.494 e. The minimum atomic E-state index is 0.171. The van der Waals surface area contributed by atoms with Gasteiger partial charge < -0.3 is 20.1 Å². The highest BCUT2D eigenvalue weighted by molar-refractivity contribution is 7.80. The zero-order chi connectivity index (χ0) is 13.4. The van der Waals surface area contributed by atoms with Gasteiger partial charge in [-0.3, -0.25) is 0 Å². The molecule has 0 heterocycles. The van der Waals surface area contributed by atoms with Crippen molar-refractivity contribution in [2.24, 2.45) is 0 Å². The van der Waals surface area contributed by atoms with E-state index in [0.29, 0.717) is 18.3 Å². The maximum Gasteiger partial charge on any atom is 0.171 e.